The summed E-state index contributed by atoms with van der Waals surface area (Å²) in [6.45, 7) is 1.41. The van der Waals surface area contributed by atoms with Crippen LogP contribution in [-0.2, 0) is 20.4 Å². The van der Waals surface area contributed by atoms with Crippen molar-refractivity contribution >= 4 is 8.53 Å². The molecule has 0 bridgehead atoms. The molecule has 1 aliphatic rings. The number of aliphatic hydroxyl groups is 1. The number of nitrogens with one attached hydrogen (secondary N) is 1. The van der Waals surface area contributed by atoms with Crippen LogP contribution in [0.5, 0.6) is 0 Å². The maximum Gasteiger partial charge on any atom is 0.330 e. The molecule has 0 amide bonds. The fourth-order valence-corrected chi connectivity index (χ4v) is 6.04. The Morgan fingerprint density at radius 1 is 1.00 bits per heavy atom. The molecule has 9 nitrogen and oxygen atoms in total. The Morgan fingerprint density at radius 3 is 1.95 bits per heavy atom. The predicted octanol–water partition coefficient (Wildman–Crippen LogP) is 2.88. The molecular weight excluding hydrogens is 517 g/mol. The Bertz CT molecular complexity index is 1430. The van der Waals surface area contributed by atoms with Crippen LogP contribution in [0, 0.1) is 6.92 Å². The van der Waals surface area contributed by atoms with Gasteiger partial charge in [0.05, 0.1) is 18.1 Å². The Hall–Kier alpha value is -3.43. The summed E-state index contributed by atoms with van der Waals surface area (Å²) in [6, 6.07) is 28.9. The summed E-state index contributed by atoms with van der Waals surface area (Å²) in [7, 11) is -2.20. The number of nitrogens with two attached hydrogens (primary N) is 1. The molecule has 202 valence electrons. The Labute approximate surface area is 226 Å². The molecule has 10 heteroatoms. The molecule has 5 N–H and O–H groups in total. The molecule has 0 saturated carbocycles. The first-order valence-electron chi connectivity index (χ1n) is 12.5. The van der Waals surface area contributed by atoms with E-state index in [2.05, 4.69) is 4.98 Å². The summed E-state index contributed by atoms with van der Waals surface area (Å²) in [5.74, 6) is 0. The van der Waals surface area contributed by atoms with Crippen molar-refractivity contribution in [2.45, 2.75) is 36.7 Å². The van der Waals surface area contributed by atoms with Crippen molar-refractivity contribution in [1.29, 1.82) is 0 Å². The molecule has 4 atom stereocenters. The zero-order valence-corrected chi connectivity index (χ0v) is 22.2. The van der Waals surface area contributed by atoms with Gasteiger partial charge in [0.1, 0.15) is 6.10 Å². The van der Waals surface area contributed by atoms with E-state index in [9.17, 15) is 19.6 Å². The predicted molar refractivity (Wildman–Crippen MR) is 148 cm³/mol. The minimum atomic E-state index is -2.20. The van der Waals surface area contributed by atoms with Gasteiger partial charge in [-0.15, -0.1) is 0 Å². The normalized spacial score (nSPS) is 22.1. The molecule has 0 aliphatic carbocycles. The zero-order chi connectivity index (χ0) is 27.6. The first-order chi connectivity index (χ1) is 18.8. The molecule has 1 unspecified atom stereocenters. The van der Waals surface area contributed by atoms with Gasteiger partial charge in [-0.25, -0.2) is 4.79 Å². The van der Waals surface area contributed by atoms with Gasteiger partial charge in [0, 0.05) is 18.2 Å². The molecule has 3 aromatic carbocycles. The van der Waals surface area contributed by atoms with Gasteiger partial charge in [-0.05, 0) is 23.6 Å². The molecule has 0 radical (unpaired) electrons. The zero-order valence-electron chi connectivity index (χ0n) is 21.3. The average molecular weight is 548 g/mol. The van der Waals surface area contributed by atoms with Crippen molar-refractivity contribution in [2.24, 2.45) is 5.50 Å². The van der Waals surface area contributed by atoms with Crippen LogP contribution in [0.4, 0.5) is 0 Å². The third-order valence-electron chi connectivity index (χ3n) is 7.35. The standard InChI is InChI=1S/C29H30N3O6P/c1-20-18-32(27(35)31-26(20)34)28(17-24(33)25(38-28)19-37-39(30)36)29(21-11-5-2-6-12-21,22-13-7-3-8-14-22)23-15-9-4-10-16-23/h2-16,18,24-25,33,36H,17,19,30H2,1H3,(H,31,34,35)/t24-,25+,28-,39?/m0/s1. The molecule has 5 rings (SSSR count). The third-order valence-corrected chi connectivity index (χ3v) is 7.76. The fourth-order valence-electron chi connectivity index (χ4n) is 5.74. The number of aromatic amines is 1. The van der Waals surface area contributed by atoms with Crippen molar-refractivity contribution in [1.82, 2.24) is 9.55 Å². The highest BCUT2D eigenvalue weighted by Gasteiger charge is 2.63. The lowest BCUT2D eigenvalue weighted by molar-refractivity contribution is -0.145. The highest BCUT2D eigenvalue weighted by molar-refractivity contribution is 7.43. The molecule has 1 aromatic heterocycles. The van der Waals surface area contributed by atoms with Crippen molar-refractivity contribution < 1.29 is 19.3 Å². The minimum absolute atomic E-state index is 0.0426. The topological polar surface area (TPSA) is 140 Å². The van der Waals surface area contributed by atoms with Gasteiger partial charge in [-0.1, -0.05) is 91.0 Å². The summed E-state index contributed by atoms with van der Waals surface area (Å²) in [6.07, 6.45) is -0.614. The summed E-state index contributed by atoms with van der Waals surface area (Å²) in [4.78, 5) is 38.2. The van der Waals surface area contributed by atoms with Crippen molar-refractivity contribution in [3.63, 3.8) is 0 Å². The number of aryl methyl sites for hydroxylation is 1. The van der Waals surface area contributed by atoms with Crippen molar-refractivity contribution in [3.8, 4) is 0 Å². The lowest BCUT2D eigenvalue weighted by Gasteiger charge is -2.50. The monoisotopic (exact) mass is 547 g/mol. The molecule has 1 aliphatic heterocycles. The number of hydrogen-bond acceptors (Lipinski definition) is 7. The fraction of sp³-hybridized carbons (Fsp3) is 0.241. The van der Waals surface area contributed by atoms with Crippen LogP contribution < -0.4 is 16.8 Å². The number of nitrogens with zero attached hydrogens (tertiary/aromatic N) is 1. The number of benzene rings is 3. The summed E-state index contributed by atoms with van der Waals surface area (Å²) in [5.41, 5.74) is 4.19. The van der Waals surface area contributed by atoms with E-state index in [1.807, 2.05) is 91.0 Å². The molecule has 4 aromatic rings. The van der Waals surface area contributed by atoms with Crippen LogP contribution in [0.2, 0.25) is 0 Å². The highest BCUT2D eigenvalue weighted by Crippen LogP contribution is 2.56. The van der Waals surface area contributed by atoms with Crippen LogP contribution in [0.15, 0.2) is 107 Å². The second-order valence-electron chi connectivity index (χ2n) is 9.60. The maximum absolute atomic E-state index is 13.7. The maximum atomic E-state index is 13.7. The Kier molecular flexibility index (Phi) is 7.64. The highest BCUT2D eigenvalue weighted by atomic mass is 31.2. The van der Waals surface area contributed by atoms with E-state index in [0.29, 0.717) is 5.56 Å². The van der Waals surface area contributed by atoms with Gasteiger partial charge in [-0.2, -0.15) is 0 Å². The molecule has 39 heavy (non-hydrogen) atoms. The van der Waals surface area contributed by atoms with E-state index < -0.39 is 43.1 Å². The van der Waals surface area contributed by atoms with Crippen LogP contribution in [-0.4, -0.2) is 38.4 Å². The number of aliphatic hydroxyl groups excluding tert-OH is 1. The van der Waals surface area contributed by atoms with Crippen LogP contribution in [0.3, 0.4) is 0 Å². The van der Waals surface area contributed by atoms with Gasteiger partial charge >= 0.3 is 5.69 Å². The largest absolute Gasteiger partial charge is 0.390 e. The van der Waals surface area contributed by atoms with Gasteiger partial charge in [0.2, 0.25) is 8.53 Å². The van der Waals surface area contributed by atoms with E-state index in [0.717, 1.165) is 16.7 Å². The van der Waals surface area contributed by atoms with E-state index in [4.69, 9.17) is 14.8 Å². The Morgan fingerprint density at radius 2 is 1.49 bits per heavy atom. The van der Waals surface area contributed by atoms with E-state index in [1.165, 1.54) is 10.8 Å². The summed E-state index contributed by atoms with van der Waals surface area (Å²) in [5, 5.41) is 11.4. The number of ether oxygens (including phenoxy) is 1. The van der Waals surface area contributed by atoms with Crippen LogP contribution in [0.1, 0.15) is 28.7 Å². The number of aromatic nitrogens is 2. The molecule has 0 spiro atoms. The molecule has 2 heterocycles. The second kappa shape index (κ2) is 11.0. The Balaban J connectivity index is 1.93. The quantitative estimate of drug-likeness (QED) is 0.196. The SMILES string of the molecule is Cc1cn([C@@]2(C(c3ccccc3)(c3ccccc3)c3ccccc3)C[C@H](O)[C@@H](COP(N)O)O2)c(=O)[nH]c1=O. The molecule has 1 fully saturated rings. The third kappa shape index (κ3) is 4.67. The summed E-state index contributed by atoms with van der Waals surface area (Å²) >= 11 is 0. The first kappa shape index (κ1) is 27.1. The van der Waals surface area contributed by atoms with E-state index in [1.54, 1.807) is 6.92 Å². The molecular formula is C29H30N3O6P. The molecule has 1 saturated heterocycles. The lowest BCUT2D eigenvalue weighted by Crippen LogP contribution is -2.59. The summed E-state index contributed by atoms with van der Waals surface area (Å²) < 4.78 is 13.5. The number of hydrogen-bond donors (Lipinski definition) is 4. The minimum Gasteiger partial charge on any atom is -0.390 e. The van der Waals surface area contributed by atoms with Gasteiger partial charge in [0.15, 0.2) is 5.72 Å². The van der Waals surface area contributed by atoms with Crippen molar-refractivity contribution in [3.05, 3.63) is 140 Å². The van der Waals surface area contributed by atoms with Crippen LogP contribution >= 0.6 is 8.53 Å². The van der Waals surface area contributed by atoms with Crippen molar-refractivity contribution in [2.75, 3.05) is 6.61 Å². The first-order valence-corrected chi connectivity index (χ1v) is 13.8. The number of rotatable bonds is 8. The lowest BCUT2D eigenvalue weighted by atomic mass is 9.61. The van der Waals surface area contributed by atoms with Crippen LogP contribution in [0.25, 0.3) is 0 Å². The average Bonchev–Trinajstić information content (AvgIpc) is 3.28. The van der Waals surface area contributed by atoms with Gasteiger partial charge in [0.25, 0.3) is 5.56 Å². The van der Waals surface area contributed by atoms with Gasteiger partial charge < -0.3 is 19.3 Å². The smallest absolute Gasteiger partial charge is 0.330 e. The van der Waals surface area contributed by atoms with E-state index in [-0.39, 0.29) is 13.0 Å². The second-order valence-corrected chi connectivity index (χ2v) is 10.5. The number of H-pyrrole nitrogens is 1. The van der Waals surface area contributed by atoms with Gasteiger partial charge in [-0.3, -0.25) is 19.8 Å². The van der Waals surface area contributed by atoms with E-state index >= 15 is 0 Å².